The predicted molar refractivity (Wildman–Crippen MR) is 103 cm³/mol. The monoisotopic (exact) mass is 402 g/mol. The molecule has 1 N–H and O–H groups in total. The first kappa shape index (κ1) is 19.0. The number of thiocarbonyl (C=S) groups is 1. The lowest BCUT2D eigenvalue weighted by molar-refractivity contribution is -0.149. The number of thioether (sulfide) groups is 1. The van der Waals surface area contributed by atoms with Crippen LogP contribution >= 0.6 is 24.0 Å². The van der Waals surface area contributed by atoms with Gasteiger partial charge in [0.15, 0.2) is 0 Å². The molecule has 138 valence electrons. The van der Waals surface area contributed by atoms with Crippen LogP contribution in [0.15, 0.2) is 47.4 Å². The minimum absolute atomic E-state index is 0.169. The van der Waals surface area contributed by atoms with Crippen molar-refractivity contribution in [1.82, 2.24) is 9.80 Å². The number of allylic oxidation sites excluding steroid dienone is 2. The maximum Gasteiger partial charge on any atom is 0.323 e. The molecule has 3 amide bonds. The highest BCUT2D eigenvalue weighted by Gasteiger charge is 2.48. The van der Waals surface area contributed by atoms with Gasteiger partial charge in [-0.2, -0.15) is 0 Å². The first-order valence-electron chi connectivity index (χ1n) is 7.93. The van der Waals surface area contributed by atoms with E-state index in [4.69, 9.17) is 17.3 Å². The summed E-state index contributed by atoms with van der Waals surface area (Å²) in [7, 11) is 0. The molecule has 1 aromatic carbocycles. The summed E-state index contributed by atoms with van der Waals surface area (Å²) in [6, 6.07) is 8.42. The van der Waals surface area contributed by atoms with E-state index < -0.39 is 36.3 Å². The molecule has 1 atom stereocenters. The maximum atomic E-state index is 12.6. The molecular formula is C18H14N2O5S2. The van der Waals surface area contributed by atoms with E-state index in [1.165, 1.54) is 0 Å². The topological polar surface area (TPSA) is 95.0 Å². The Labute approximate surface area is 164 Å². The zero-order chi connectivity index (χ0) is 19.6. The van der Waals surface area contributed by atoms with Crippen LogP contribution in [-0.4, -0.2) is 55.5 Å². The van der Waals surface area contributed by atoms with Crippen LogP contribution in [0.4, 0.5) is 0 Å². The molecule has 2 heterocycles. The second-order valence-corrected chi connectivity index (χ2v) is 7.45. The highest BCUT2D eigenvalue weighted by atomic mass is 32.2. The number of likely N-dealkylation sites (tertiary alicyclic amines) is 1. The zero-order valence-corrected chi connectivity index (χ0v) is 15.5. The Balaban J connectivity index is 1.76. The van der Waals surface area contributed by atoms with Gasteiger partial charge in [-0.15, -0.1) is 0 Å². The fraction of sp³-hybridized carbons (Fsp3) is 0.167. The van der Waals surface area contributed by atoms with E-state index in [0.29, 0.717) is 9.81 Å². The third kappa shape index (κ3) is 3.99. The number of amides is 3. The smallest absolute Gasteiger partial charge is 0.323 e. The van der Waals surface area contributed by atoms with Gasteiger partial charge in [-0.05, 0) is 11.6 Å². The third-order valence-corrected chi connectivity index (χ3v) is 5.33. The van der Waals surface area contributed by atoms with E-state index in [2.05, 4.69) is 0 Å². The Morgan fingerprint density at radius 1 is 1.26 bits per heavy atom. The van der Waals surface area contributed by atoms with Crippen molar-refractivity contribution in [1.29, 1.82) is 0 Å². The molecule has 3 rings (SSSR count). The molecule has 2 fully saturated rings. The fourth-order valence-electron chi connectivity index (χ4n) is 2.74. The summed E-state index contributed by atoms with van der Waals surface area (Å²) >= 11 is 6.24. The van der Waals surface area contributed by atoms with Crippen molar-refractivity contribution in [3.8, 4) is 0 Å². The molecule has 0 unspecified atom stereocenters. The molecule has 2 aliphatic rings. The summed E-state index contributed by atoms with van der Waals surface area (Å²) in [6.07, 6.45) is 4.86. The average molecular weight is 402 g/mol. The third-order valence-electron chi connectivity index (χ3n) is 3.98. The van der Waals surface area contributed by atoms with Crippen LogP contribution in [0, 0.1) is 0 Å². The summed E-state index contributed by atoms with van der Waals surface area (Å²) < 4.78 is 0.169. The molecule has 27 heavy (non-hydrogen) atoms. The normalized spacial score (nSPS) is 21.9. The van der Waals surface area contributed by atoms with E-state index in [1.54, 1.807) is 12.2 Å². The minimum Gasteiger partial charge on any atom is -0.480 e. The molecule has 0 radical (unpaired) electrons. The number of rotatable bonds is 5. The Morgan fingerprint density at radius 2 is 1.96 bits per heavy atom. The van der Waals surface area contributed by atoms with Gasteiger partial charge in [0, 0.05) is 0 Å². The lowest BCUT2D eigenvalue weighted by Crippen LogP contribution is -2.45. The predicted octanol–water partition coefficient (Wildman–Crippen LogP) is 1.66. The van der Waals surface area contributed by atoms with Crippen LogP contribution in [-0.2, 0) is 19.2 Å². The summed E-state index contributed by atoms with van der Waals surface area (Å²) in [5.74, 6) is -3.12. The van der Waals surface area contributed by atoms with Gasteiger partial charge in [-0.3, -0.25) is 29.0 Å². The Hall–Kier alpha value is -2.78. The van der Waals surface area contributed by atoms with Crippen molar-refractivity contribution in [3.05, 3.63) is 53.0 Å². The van der Waals surface area contributed by atoms with Crippen LogP contribution in [0.25, 0.3) is 6.08 Å². The fourth-order valence-corrected chi connectivity index (χ4v) is 4.05. The van der Waals surface area contributed by atoms with E-state index in [9.17, 15) is 19.2 Å². The van der Waals surface area contributed by atoms with Gasteiger partial charge >= 0.3 is 5.97 Å². The summed E-state index contributed by atoms with van der Waals surface area (Å²) in [5.41, 5.74) is 0.963. The number of aliphatic carboxylic acids is 1. The number of imide groups is 1. The number of nitrogens with zero attached hydrogens (tertiary/aromatic N) is 2. The van der Waals surface area contributed by atoms with Crippen molar-refractivity contribution in [2.45, 2.75) is 12.5 Å². The first-order chi connectivity index (χ1) is 12.9. The number of carbonyl (C=O) groups is 4. The molecule has 0 saturated carbocycles. The van der Waals surface area contributed by atoms with Crippen molar-refractivity contribution >= 4 is 58.1 Å². The van der Waals surface area contributed by atoms with E-state index in [1.807, 2.05) is 36.4 Å². The molecule has 0 spiro atoms. The Morgan fingerprint density at radius 3 is 2.63 bits per heavy atom. The van der Waals surface area contributed by atoms with Crippen molar-refractivity contribution in [3.63, 3.8) is 0 Å². The van der Waals surface area contributed by atoms with Crippen LogP contribution in [0.3, 0.4) is 0 Å². The Bertz CT molecular complexity index is 894. The quantitative estimate of drug-likeness (QED) is 0.455. The summed E-state index contributed by atoms with van der Waals surface area (Å²) in [5, 5.41) is 8.82. The van der Waals surface area contributed by atoms with E-state index in [-0.39, 0.29) is 10.7 Å². The molecule has 0 bridgehead atoms. The summed E-state index contributed by atoms with van der Waals surface area (Å²) in [6.45, 7) is -0.724. The highest BCUT2D eigenvalue weighted by Crippen LogP contribution is 2.35. The van der Waals surface area contributed by atoms with Crippen LogP contribution in [0.5, 0.6) is 0 Å². The minimum atomic E-state index is -1.30. The molecule has 0 aliphatic carbocycles. The van der Waals surface area contributed by atoms with Gasteiger partial charge in [-0.25, -0.2) is 0 Å². The summed E-state index contributed by atoms with van der Waals surface area (Å²) in [4.78, 5) is 49.9. The van der Waals surface area contributed by atoms with Crippen LogP contribution in [0.1, 0.15) is 12.0 Å². The van der Waals surface area contributed by atoms with Gasteiger partial charge in [0.2, 0.25) is 5.91 Å². The Kier molecular flexibility index (Phi) is 5.52. The van der Waals surface area contributed by atoms with Gasteiger partial charge in [0.05, 0.1) is 11.3 Å². The number of hydrogen-bond acceptors (Lipinski definition) is 6. The number of carboxylic acids is 1. The first-order valence-corrected chi connectivity index (χ1v) is 9.15. The van der Waals surface area contributed by atoms with Crippen LogP contribution < -0.4 is 0 Å². The van der Waals surface area contributed by atoms with Crippen LogP contribution in [0.2, 0.25) is 0 Å². The lowest BCUT2D eigenvalue weighted by atomic mass is 10.2. The molecular weight excluding hydrogens is 388 g/mol. The lowest BCUT2D eigenvalue weighted by Gasteiger charge is -2.20. The van der Waals surface area contributed by atoms with Crippen molar-refractivity contribution in [2.24, 2.45) is 0 Å². The molecule has 0 aromatic heterocycles. The molecule has 9 heteroatoms. The second-order valence-electron chi connectivity index (χ2n) is 5.78. The molecule has 2 aliphatic heterocycles. The maximum absolute atomic E-state index is 12.6. The van der Waals surface area contributed by atoms with Crippen molar-refractivity contribution < 1.29 is 24.3 Å². The molecule has 1 aromatic rings. The largest absolute Gasteiger partial charge is 0.480 e. The molecule has 2 saturated heterocycles. The SMILES string of the molecule is O=C(O)CN1C(=O)C[C@@H](N2C(=O)/C(=C/C=C/c3ccccc3)SC2=S)C1=O. The number of carbonyl (C=O) groups excluding carboxylic acids is 3. The van der Waals surface area contributed by atoms with Gasteiger partial charge in [0.1, 0.15) is 16.9 Å². The highest BCUT2D eigenvalue weighted by molar-refractivity contribution is 8.26. The van der Waals surface area contributed by atoms with Gasteiger partial charge < -0.3 is 5.11 Å². The van der Waals surface area contributed by atoms with Gasteiger partial charge in [0.25, 0.3) is 11.8 Å². The average Bonchev–Trinajstić information content (AvgIpc) is 3.05. The second kappa shape index (κ2) is 7.85. The van der Waals surface area contributed by atoms with Crippen molar-refractivity contribution in [2.75, 3.05) is 6.54 Å². The van der Waals surface area contributed by atoms with E-state index >= 15 is 0 Å². The zero-order valence-electron chi connectivity index (χ0n) is 13.9. The molecule has 7 nitrogen and oxygen atoms in total. The van der Waals surface area contributed by atoms with E-state index in [0.717, 1.165) is 22.2 Å². The standard InChI is InChI=1S/C18H14N2O5S2/c21-14-9-12(16(24)19(14)10-15(22)23)20-17(25)13(27-18(20)26)8-4-7-11-5-2-1-3-6-11/h1-8,12H,9-10H2,(H,22,23)/b7-4+,13-8-/t12-/m1/s1. The number of hydrogen-bond donors (Lipinski definition) is 1. The number of carboxylic acid groups (broad SMARTS) is 1. The number of benzene rings is 1. The van der Waals surface area contributed by atoms with Gasteiger partial charge in [-0.1, -0.05) is 66.5 Å².